The van der Waals surface area contributed by atoms with Gasteiger partial charge in [0.25, 0.3) is 0 Å². The summed E-state index contributed by atoms with van der Waals surface area (Å²) >= 11 is 0. The molecular formula is C13H21F4N. The van der Waals surface area contributed by atoms with Crippen LogP contribution in [0.5, 0.6) is 0 Å². The van der Waals surface area contributed by atoms with Gasteiger partial charge in [-0.15, -0.1) is 0 Å². The van der Waals surface area contributed by atoms with Crippen molar-refractivity contribution in [2.75, 3.05) is 6.54 Å². The van der Waals surface area contributed by atoms with Crippen molar-refractivity contribution in [3.05, 3.63) is 0 Å². The molecule has 2 rings (SSSR count). The van der Waals surface area contributed by atoms with Crippen LogP contribution in [-0.2, 0) is 0 Å². The van der Waals surface area contributed by atoms with Gasteiger partial charge in [0.1, 0.15) is 0 Å². The first-order chi connectivity index (χ1) is 8.29. The van der Waals surface area contributed by atoms with Crippen LogP contribution in [0.1, 0.15) is 51.4 Å². The minimum atomic E-state index is -2.59. The highest BCUT2D eigenvalue weighted by atomic mass is 19.3. The Morgan fingerprint density at radius 2 is 1.22 bits per heavy atom. The third kappa shape index (κ3) is 2.81. The van der Waals surface area contributed by atoms with Crippen LogP contribution in [0.25, 0.3) is 0 Å². The molecular weight excluding hydrogens is 246 g/mol. The summed E-state index contributed by atoms with van der Waals surface area (Å²) in [7, 11) is 0. The molecule has 1 nitrogen and oxygen atoms in total. The zero-order chi connectivity index (χ0) is 13.4. The first-order valence-electron chi connectivity index (χ1n) is 6.74. The fourth-order valence-electron chi connectivity index (χ4n) is 3.55. The van der Waals surface area contributed by atoms with E-state index < -0.39 is 11.8 Å². The van der Waals surface area contributed by atoms with Crippen LogP contribution in [0.4, 0.5) is 17.6 Å². The second-order valence-corrected chi connectivity index (χ2v) is 6.05. The lowest BCUT2D eigenvalue weighted by molar-refractivity contribution is -0.104. The minimum absolute atomic E-state index is 0.0956. The highest BCUT2D eigenvalue weighted by molar-refractivity contribution is 4.96. The van der Waals surface area contributed by atoms with Gasteiger partial charge in [-0.1, -0.05) is 0 Å². The van der Waals surface area contributed by atoms with Gasteiger partial charge in [0.15, 0.2) is 0 Å². The number of rotatable bonds is 2. The Bertz CT molecular complexity index is 283. The molecule has 0 aromatic carbocycles. The fourth-order valence-corrected chi connectivity index (χ4v) is 3.55. The number of halogens is 4. The molecule has 2 fully saturated rings. The molecule has 2 N–H and O–H groups in total. The zero-order valence-electron chi connectivity index (χ0n) is 10.5. The van der Waals surface area contributed by atoms with Gasteiger partial charge >= 0.3 is 0 Å². The second kappa shape index (κ2) is 4.66. The molecule has 0 atom stereocenters. The average Bonchev–Trinajstić information content (AvgIpc) is 2.30. The van der Waals surface area contributed by atoms with Gasteiger partial charge in [0.2, 0.25) is 11.8 Å². The normalized spacial score (nSPS) is 31.2. The molecule has 0 saturated heterocycles. The van der Waals surface area contributed by atoms with E-state index in [-0.39, 0.29) is 37.0 Å². The Labute approximate surface area is 105 Å². The Kier molecular flexibility index (Phi) is 3.65. The topological polar surface area (TPSA) is 26.0 Å². The molecule has 0 aromatic heterocycles. The maximum atomic E-state index is 13.2. The highest BCUT2D eigenvalue weighted by Crippen LogP contribution is 2.52. The van der Waals surface area contributed by atoms with E-state index in [4.69, 9.17) is 5.73 Å². The monoisotopic (exact) mass is 267 g/mol. The Morgan fingerprint density at radius 3 is 1.67 bits per heavy atom. The Morgan fingerprint density at radius 1 is 0.778 bits per heavy atom. The maximum absolute atomic E-state index is 13.2. The molecule has 2 saturated carbocycles. The third-order valence-corrected chi connectivity index (χ3v) is 4.97. The van der Waals surface area contributed by atoms with E-state index in [2.05, 4.69) is 0 Å². The average molecular weight is 267 g/mol. The van der Waals surface area contributed by atoms with Crippen LogP contribution in [0.2, 0.25) is 0 Å². The Balaban J connectivity index is 2.01. The van der Waals surface area contributed by atoms with E-state index in [9.17, 15) is 17.6 Å². The maximum Gasteiger partial charge on any atom is 0.248 e. The summed E-state index contributed by atoms with van der Waals surface area (Å²) in [5.74, 6) is -5.06. The molecule has 0 aromatic rings. The predicted octanol–water partition coefficient (Wildman–Crippen LogP) is 3.97. The highest BCUT2D eigenvalue weighted by Gasteiger charge is 2.49. The van der Waals surface area contributed by atoms with Crippen LogP contribution in [0.3, 0.4) is 0 Å². The first-order valence-corrected chi connectivity index (χ1v) is 6.74. The summed E-state index contributed by atoms with van der Waals surface area (Å²) in [5.41, 5.74) is 5.47. The van der Waals surface area contributed by atoms with Crippen LogP contribution in [0, 0.1) is 11.3 Å². The van der Waals surface area contributed by atoms with E-state index in [1.807, 2.05) is 0 Å². The van der Waals surface area contributed by atoms with Gasteiger partial charge < -0.3 is 5.73 Å². The molecule has 5 heteroatoms. The SMILES string of the molecule is NCC1(C2CCC(F)(F)CC2)CCC(F)(F)CC1. The molecule has 0 bridgehead atoms. The van der Waals surface area contributed by atoms with E-state index in [0.29, 0.717) is 32.2 Å². The quantitative estimate of drug-likeness (QED) is 0.753. The van der Waals surface area contributed by atoms with Crippen molar-refractivity contribution in [1.82, 2.24) is 0 Å². The fraction of sp³-hybridized carbons (Fsp3) is 1.00. The number of hydrogen-bond donors (Lipinski definition) is 1. The molecule has 2 aliphatic rings. The molecule has 18 heavy (non-hydrogen) atoms. The van der Waals surface area contributed by atoms with Crippen LogP contribution < -0.4 is 5.73 Å². The lowest BCUT2D eigenvalue weighted by atomic mass is 9.61. The molecule has 106 valence electrons. The van der Waals surface area contributed by atoms with Crippen LogP contribution in [0.15, 0.2) is 0 Å². The van der Waals surface area contributed by atoms with E-state index in [0.717, 1.165) is 0 Å². The van der Waals surface area contributed by atoms with Crippen molar-refractivity contribution in [1.29, 1.82) is 0 Å². The van der Waals surface area contributed by atoms with E-state index >= 15 is 0 Å². The summed E-state index contributed by atoms with van der Waals surface area (Å²) < 4.78 is 52.7. The smallest absolute Gasteiger partial charge is 0.248 e. The van der Waals surface area contributed by atoms with Gasteiger partial charge in [-0.2, -0.15) is 0 Å². The number of hydrogen-bond acceptors (Lipinski definition) is 1. The van der Waals surface area contributed by atoms with Crippen molar-refractivity contribution in [3.8, 4) is 0 Å². The molecule has 0 unspecified atom stereocenters. The van der Waals surface area contributed by atoms with Gasteiger partial charge in [-0.25, -0.2) is 17.6 Å². The number of alkyl halides is 4. The molecule has 0 radical (unpaired) electrons. The standard InChI is InChI=1S/C13H21F4N/c14-12(15)3-1-10(2-4-12)11(9-18)5-7-13(16,17)8-6-11/h10H,1-9,18H2. The Hall–Kier alpha value is -0.320. The van der Waals surface area contributed by atoms with Crippen molar-refractivity contribution in [2.24, 2.45) is 17.1 Å². The molecule has 0 spiro atoms. The van der Waals surface area contributed by atoms with Crippen molar-refractivity contribution in [2.45, 2.75) is 63.2 Å². The van der Waals surface area contributed by atoms with E-state index in [1.165, 1.54) is 0 Å². The van der Waals surface area contributed by atoms with Crippen molar-refractivity contribution < 1.29 is 17.6 Å². The molecule has 2 aliphatic carbocycles. The van der Waals surface area contributed by atoms with Gasteiger partial charge in [0, 0.05) is 25.7 Å². The zero-order valence-corrected chi connectivity index (χ0v) is 10.5. The van der Waals surface area contributed by atoms with Crippen LogP contribution >= 0.6 is 0 Å². The summed E-state index contributed by atoms with van der Waals surface area (Å²) in [5, 5.41) is 0. The van der Waals surface area contributed by atoms with Gasteiger partial charge in [0.05, 0.1) is 0 Å². The molecule has 0 aliphatic heterocycles. The van der Waals surface area contributed by atoms with Crippen molar-refractivity contribution >= 4 is 0 Å². The van der Waals surface area contributed by atoms with Gasteiger partial charge in [-0.3, -0.25) is 0 Å². The lowest BCUT2D eigenvalue weighted by Crippen LogP contribution is -2.46. The summed E-state index contributed by atoms with van der Waals surface area (Å²) in [6.45, 7) is 0.347. The first kappa shape index (κ1) is 14.1. The summed E-state index contributed by atoms with van der Waals surface area (Å²) in [6.07, 6.45) is 1.10. The number of nitrogens with two attached hydrogens (primary N) is 1. The minimum Gasteiger partial charge on any atom is -0.330 e. The molecule has 0 heterocycles. The van der Waals surface area contributed by atoms with Crippen molar-refractivity contribution in [3.63, 3.8) is 0 Å². The predicted molar refractivity (Wildman–Crippen MR) is 61.8 cm³/mol. The molecule has 0 amide bonds. The summed E-state index contributed by atoms with van der Waals surface area (Å²) in [4.78, 5) is 0. The third-order valence-electron chi connectivity index (χ3n) is 4.97. The van der Waals surface area contributed by atoms with E-state index in [1.54, 1.807) is 0 Å². The van der Waals surface area contributed by atoms with Gasteiger partial charge in [-0.05, 0) is 43.6 Å². The summed E-state index contributed by atoms with van der Waals surface area (Å²) in [6, 6.07) is 0. The lowest BCUT2D eigenvalue weighted by Gasteiger charge is -2.47. The van der Waals surface area contributed by atoms with Crippen LogP contribution in [-0.4, -0.2) is 18.4 Å². The second-order valence-electron chi connectivity index (χ2n) is 6.05. The largest absolute Gasteiger partial charge is 0.330 e.